The Morgan fingerprint density at radius 2 is 1.89 bits per heavy atom. The molecular weight excluding hydrogens is 368 g/mol. The van der Waals surface area contributed by atoms with Crippen molar-refractivity contribution in [2.24, 2.45) is 12.5 Å². The Hall–Kier alpha value is -1.16. The first-order valence-electron chi connectivity index (χ1n) is 9.84. The van der Waals surface area contributed by atoms with Gasteiger partial charge in [0.25, 0.3) is 10.0 Å². The summed E-state index contributed by atoms with van der Waals surface area (Å²) >= 11 is 0. The fraction of sp³-hybridized carbons (Fsp3) is 0.833. The summed E-state index contributed by atoms with van der Waals surface area (Å²) < 4.78 is 39.6. The molecule has 3 fully saturated rings. The Kier molecular flexibility index (Phi) is 5.22. The summed E-state index contributed by atoms with van der Waals surface area (Å²) in [7, 11) is -0.397. The molecule has 0 radical (unpaired) electrons. The van der Waals surface area contributed by atoms with Crippen LogP contribution in [0, 0.1) is 5.41 Å². The Morgan fingerprint density at radius 1 is 1.19 bits per heavy atom. The van der Waals surface area contributed by atoms with Crippen LogP contribution >= 0.6 is 0 Å². The number of hydrogen-bond donors (Lipinski definition) is 0. The zero-order valence-electron chi connectivity index (χ0n) is 16.3. The van der Waals surface area contributed by atoms with E-state index in [0.717, 1.165) is 39.1 Å². The molecular formula is C18H30N4O4S. The van der Waals surface area contributed by atoms with Crippen molar-refractivity contribution >= 4 is 10.0 Å². The van der Waals surface area contributed by atoms with Crippen LogP contribution in [0.4, 0.5) is 0 Å². The second kappa shape index (κ2) is 7.35. The average molecular weight is 399 g/mol. The highest BCUT2D eigenvalue weighted by atomic mass is 32.2. The largest absolute Gasteiger partial charge is 0.480 e. The van der Waals surface area contributed by atoms with Gasteiger partial charge in [-0.15, -0.1) is 5.10 Å². The summed E-state index contributed by atoms with van der Waals surface area (Å²) in [5, 5.41) is 4.30. The number of aromatic nitrogens is 2. The molecule has 1 aromatic heterocycles. The fourth-order valence-corrected chi connectivity index (χ4v) is 6.54. The standard InChI is InChI=1S/C18H30N4O4S/c1-20-17(13-16(19-20)25-2)27(23,24)22-7-5-18(6-8-22)4-3-15(14-18)21-9-11-26-12-10-21/h13,15H,3-12,14H2,1-2H3. The van der Waals surface area contributed by atoms with Gasteiger partial charge in [-0.2, -0.15) is 4.31 Å². The number of piperidine rings is 1. The summed E-state index contributed by atoms with van der Waals surface area (Å²) in [5.74, 6) is 0.328. The third-order valence-corrected chi connectivity index (χ3v) is 8.61. The molecule has 0 bridgehead atoms. The van der Waals surface area contributed by atoms with E-state index in [1.165, 1.54) is 37.1 Å². The summed E-state index contributed by atoms with van der Waals surface area (Å²) in [6.07, 6.45) is 5.53. The molecule has 0 aromatic carbocycles. The van der Waals surface area contributed by atoms with Gasteiger partial charge in [-0.3, -0.25) is 9.58 Å². The Morgan fingerprint density at radius 3 is 2.52 bits per heavy atom. The molecule has 9 heteroatoms. The van der Waals surface area contributed by atoms with Crippen molar-refractivity contribution in [2.45, 2.75) is 43.2 Å². The van der Waals surface area contributed by atoms with Crippen LogP contribution in [0.15, 0.2) is 11.1 Å². The molecule has 152 valence electrons. The lowest BCUT2D eigenvalue weighted by Crippen LogP contribution is -2.45. The van der Waals surface area contributed by atoms with Crippen LogP contribution in [0.1, 0.15) is 32.1 Å². The van der Waals surface area contributed by atoms with Gasteiger partial charge in [0.15, 0.2) is 5.03 Å². The topological polar surface area (TPSA) is 76.9 Å². The SMILES string of the molecule is COc1cc(S(=O)(=O)N2CCC3(CCC(N4CCOCC4)C3)CC2)n(C)n1. The number of ether oxygens (including phenoxy) is 2. The van der Waals surface area contributed by atoms with Crippen LogP contribution in [0.3, 0.4) is 0 Å². The van der Waals surface area contributed by atoms with E-state index >= 15 is 0 Å². The second-order valence-corrected chi connectivity index (χ2v) is 9.98. The first kappa shape index (κ1) is 19.2. The van der Waals surface area contributed by atoms with E-state index in [1.807, 2.05) is 0 Å². The van der Waals surface area contributed by atoms with E-state index in [9.17, 15) is 8.42 Å². The van der Waals surface area contributed by atoms with Crippen molar-refractivity contribution in [2.75, 3.05) is 46.5 Å². The average Bonchev–Trinajstić information content (AvgIpc) is 3.27. The molecule has 8 nitrogen and oxygen atoms in total. The van der Waals surface area contributed by atoms with Gasteiger partial charge in [0.2, 0.25) is 5.88 Å². The molecule has 2 saturated heterocycles. The van der Waals surface area contributed by atoms with Crippen LogP contribution in [0.25, 0.3) is 0 Å². The number of morpholine rings is 1. The summed E-state index contributed by atoms with van der Waals surface area (Å²) in [6, 6.07) is 2.14. The fourth-order valence-electron chi connectivity index (χ4n) is 4.98. The Balaban J connectivity index is 1.40. The van der Waals surface area contributed by atoms with Gasteiger partial charge in [-0.25, -0.2) is 8.42 Å². The lowest BCUT2D eigenvalue weighted by molar-refractivity contribution is 0.0137. The molecule has 27 heavy (non-hydrogen) atoms. The van der Waals surface area contributed by atoms with Crippen LogP contribution in [0.2, 0.25) is 0 Å². The van der Waals surface area contributed by atoms with Gasteiger partial charge >= 0.3 is 0 Å². The molecule has 1 aliphatic carbocycles. The lowest BCUT2D eigenvalue weighted by atomic mass is 9.77. The molecule has 4 rings (SSSR count). The molecule has 1 unspecified atom stereocenters. The third kappa shape index (κ3) is 3.62. The molecule has 1 saturated carbocycles. The minimum absolute atomic E-state index is 0.202. The maximum Gasteiger partial charge on any atom is 0.260 e. The number of rotatable bonds is 4. The van der Waals surface area contributed by atoms with Gasteiger partial charge in [-0.1, -0.05) is 0 Å². The first-order chi connectivity index (χ1) is 12.9. The zero-order chi connectivity index (χ0) is 19.1. The zero-order valence-corrected chi connectivity index (χ0v) is 17.1. The third-order valence-electron chi connectivity index (χ3n) is 6.65. The predicted molar refractivity (Wildman–Crippen MR) is 100 cm³/mol. The molecule has 1 aromatic rings. The normalized spacial score (nSPS) is 27.3. The highest BCUT2D eigenvalue weighted by Gasteiger charge is 2.45. The summed E-state index contributed by atoms with van der Waals surface area (Å²) in [6.45, 7) is 4.91. The number of sulfonamides is 1. The number of aryl methyl sites for hydroxylation is 1. The van der Waals surface area contributed by atoms with Crippen molar-refractivity contribution in [3.8, 4) is 5.88 Å². The smallest absolute Gasteiger partial charge is 0.260 e. The molecule has 2 aliphatic heterocycles. The van der Waals surface area contributed by atoms with Gasteiger partial charge in [0.1, 0.15) is 0 Å². The minimum Gasteiger partial charge on any atom is -0.480 e. The van der Waals surface area contributed by atoms with E-state index in [2.05, 4.69) is 10.00 Å². The van der Waals surface area contributed by atoms with Crippen LogP contribution in [0.5, 0.6) is 5.88 Å². The van der Waals surface area contributed by atoms with Crippen LogP contribution in [-0.4, -0.2) is 79.9 Å². The van der Waals surface area contributed by atoms with Gasteiger partial charge < -0.3 is 9.47 Å². The summed E-state index contributed by atoms with van der Waals surface area (Å²) in [5.41, 5.74) is 0.305. The molecule has 0 N–H and O–H groups in total. The molecule has 3 aliphatic rings. The summed E-state index contributed by atoms with van der Waals surface area (Å²) in [4.78, 5) is 2.57. The number of hydrogen-bond acceptors (Lipinski definition) is 6. The van der Waals surface area contributed by atoms with Gasteiger partial charge in [-0.05, 0) is 37.5 Å². The highest BCUT2D eigenvalue weighted by Crippen LogP contribution is 2.48. The lowest BCUT2D eigenvalue weighted by Gasteiger charge is -2.40. The van der Waals surface area contributed by atoms with Crippen molar-refractivity contribution in [1.82, 2.24) is 19.0 Å². The highest BCUT2D eigenvalue weighted by molar-refractivity contribution is 7.89. The van der Waals surface area contributed by atoms with E-state index in [-0.39, 0.29) is 5.03 Å². The van der Waals surface area contributed by atoms with E-state index in [0.29, 0.717) is 30.4 Å². The molecule has 0 amide bonds. The monoisotopic (exact) mass is 398 g/mol. The Bertz CT molecular complexity index is 764. The van der Waals surface area contributed by atoms with E-state index < -0.39 is 10.0 Å². The quantitative estimate of drug-likeness (QED) is 0.756. The van der Waals surface area contributed by atoms with Crippen LogP contribution in [-0.2, 0) is 21.8 Å². The molecule has 3 heterocycles. The maximum atomic E-state index is 13.0. The molecule has 1 spiro atoms. The van der Waals surface area contributed by atoms with Crippen LogP contribution < -0.4 is 4.74 Å². The van der Waals surface area contributed by atoms with E-state index in [4.69, 9.17) is 9.47 Å². The van der Waals surface area contributed by atoms with Gasteiger partial charge in [0.05, 0.1) is 20.3 Å². The predicted octanol–water partition coefficient (Wildman–Crippen LogP) is 1.08. The maximum absolute atomic E-state index is 13.0. The van der Waals surface area contributed by atoms with Crippen molar-refractivity contribution < 1.29 is 17.9 Å². The number of methoxy groups -OCH3 is 1. The first-order valence-corrected chi connectivity index (χ1v) is 11.3. The Labute approximate surface area is 161 Å². The van der Waals surface area contributed by atoms with Crippen molar-refractivity contribution in [3.05, 3.63) is 6.07 Å². The van der Waals surface area contributed by atoms with Crippen molar-refractivity contribution in [1.29, 1.82) is 0 Å². The number of nitrogens with zero attached hydrogens (tertiary/aromatic N) is 4. The van der Waals surface area contributed by atoms with Gasteiger partial charge in [0, 0.05) is 45.3 Å². The molecule has 1 atom stereocenters. The van der Waals surface area contributed by atoms with Crippen molar-refractivity contribution in [3.63, 3.8) is 0 Å². The van der Waals surface area contributed by atoms with E-state index in [1.54, 1.807) is 11.4 Å². The second-order valence-electron chi connectivity index (χ2n) is 8.10. The minimum atomic E-state index is -3.54.